The highest BCUT2D eigenvalue weighted by Gasteiger charge is 2.40. The Bertz CT molecular complexity index is 586. The monoisotopic (exact) mass is 268 g/mol. The maximum atomic E-state index is 12.6. The third kappa shape index (κ3) is 2.36. The number of hydrogen-bond donors (Lipinski definition) is 3. The van der Waals surface area contributed by atoms with Crippen molar-refractivity contribution in [3.05, 3.63) is 71.8 Å². The largest absolute Gasteiger partial charge is 0.377 e. The van der Waals surface area contributed by atoms with Crippen molar-refractivity contribution in [3.63, 3.8) is 0 Å². The van der Waals surface area contributed by atoms with E-state index in [0.717, 1.165) is 5.56 Å². The number of Topliss-reactive ketones (excluding diaryl/α,β-unsaturated/α-hetero) is 1. The van der Waals surface area contributed by atoms with E-state index >= 15 is 0 Å². The number of hydrogen-bond acceptors (Lipinski definition) is 4. The van der Waals surface area contributed by atoms with Crippen LogP contribution in [-0.2, 0) is 0 Å². The molecule has 1 fully saturated rings. The maximum absolute atomic E-state index is 12.6. The number of aliphatic hydroxyl groups is 1. The second-order valence-electron chi connectivity index (χ2n) is 4.88. The quantitative estimate of drug-likeness (QED) is 0.737. The minimum Gasteiger partial charge on any atom is -0.377 e. The van der Waals surface area contributed by atoms with Crippen LogP contribution in [0, 0.1) is 0 Å². The van der Waals surface area contributed by atoms with Crippen molar-refractivity contribution in [1.82, 2.24) is 10.9 Å². The van der Waals surface area contributed by atoms with Crippen molar-refractivity contribution in [1.29, 1.82) is 0 Å². The summed E-state index contributed by atoms with van der Waals surface area (Å²) < 4.78 is 0. The number of carbonyl (C=O) groups excluding carboxylic acids is 1. The van der Waals surface area contributed by atoms with E-state index in [-0.39, 0.29) is 11.7 Å². The summed E-state index contributed by atoms with van der Waals surface area (Å²) in [6.45, 7) is 0. The van der Waals surface area contributed by atoms with Gasteiger partial charge in [-0.15, -0.1) is 0 Å². The minimum atomic E-state index is -0.782. The van der Waals surface area contributed by atoms with Crippen LogP contribution in [0.3, 0.4) is 0 Å². The molecule has 0 aromatic heterocycles. The standard InChI is InChI=1S/C16H16N2O2/c19-15(12-9-5-2-6-10-12)14-13(16(20)18-17-14)11-7-3-1-4-8-11/h1-10,13-14,16-18,20H. The third-order valence-corrected chi connectivity index (χ3v) is 3.61. The SMILES string of the molecule is O=C(c1ccccc1)C1NNC(O)C1c1ccccc1. The summed E-state index contributed by atoms with van der Waals surface area (Å²) >= 11 is 0. The second-order valence-corrected chi connectivity index (χ2v) is 4.88. The van der Waals surface area contributed by atoms with Gasteiger partial charge in [0, 0.05) is 11.5 Å². The van der Waals surface area contributed by atoms with Gasteiger partial charge in [0.1, 0.15) is 6.23 Å². The van der Waals surface area contributed by atoms with Crippen molar-refractivity contribution in [2.24, 2.45) is 0 Å². The average Bonchev–Trinajstić information content (AvgIpc) is 2.90. The molecule has 1 heterocycles. The van der Waals surface area contributed by atoms with Crippen LogP contribution in [0.1, 0.15) is 21.8 Å². The van der Waals surface area contributed by atoms with Crippen molar-refractivity contribution < 1.29 is 9.90 Å². The molecule has 0 saturated carbocycles. The number of carbonyl (C=O) groups is 1. The van der Waals surface area contributed by atoms with Crippen LogP contribution in [0.5, 0.6) is 0 Å². The molecule has 1 aliphatic rings. The van der Waals surface area contributed by atoms with E-state index < -0.39 is 12.3 Å². The van der Waals surface area contributed by atoms with Crippen molar-refractivity contribution in [2.45, 2.75) is 18.2 Å². The molecule has 3 unspecified atom stereocenters. The first-order valence-electron chi connectivity index (χ1n) is 6.61. The molecule has 0 amide bonds. The van der Waals surface area contributed by atoms with Crippen LogP contribution in [0.25, 0.3) is 0 Å². The Kier molecular flexibility index (Phi) is 3.60. The lowest BCUT2D eigenvalue weighted by atomic mass is 9.87. The highest BCUT2D eigenvalue weighted by atomic mass is 16.3. The molecule has 0 bridgehead atoms. The normalized spacial score (nSPS) is 25.6. The van der Waals surface area contributed by atoms with Crippen LogP contribution in [0.4, 0.5) is 0 Å². The van der Waals surface area contributed by atoms with Gasteiger partial charge in [-0.1, -0.05) is 60.7 Å². The molecule has 2 aromatic carbocycles. The molecule has 3 N–H and O–H groups in total. The molecular weight excluding hydrogens is 252 g/mol. The first-order chi connectivity index (χ1) is 9.77. The predicted octanol–water partition coefficient (Wildman–Crippen LogP) is 1.45. The Morgan fingerprint density at radius 3 is 2.15 bits per heavy atom. The fraction of sp³-hybridized carbons (Fsp3) is 0.188. The van der Waals surface area contributed by atoms with Gasteiger partial charge in [0.2, 0.25) is 0 Å². The Morgan fingerprint density at radius 1 is 0.900 bits per heavy atom. The first-order valence-corrected chi connectivity index (χ1v) is 6.61. The smallest absolute Gasteiger partial charge is 0.181 e. The summed E-state index contributed by atoms with van der Waals surface area (Å²) in [7, 11) is 0. The molecule has 0 radical (unpaired) electrons. The van der Waals surface area contributed by atoms with Crippen LogP contribution in [0.15, 0.2) is 60.7 Å². The number of ketones is 1. The van der Waals surface area contributed by atoms with Gasteiger partial charge in [-0.3, -0.25) is 4.79 Å². The van der Waals surface area contributed by atoms with Gasteiger partial charge in [0.15, 0.2) is 5.78 Å². The van der Waals surface area contributed by atoms with Crippen LogP contribution in [0.2, 0.25) is 0 Å². The average molecular weight is 268 g/mol. The van der Waals surface area contributed by atoms with E-state index in [1.807, 2.05) is 48.5 Å². The van der Waals surface area contributed by atoms with Gasteiger partial charge in [0.25, 0.3) is 0 Å². The summed E-state index contributed by atoms with van der Waals surface area (Å²) in [4.78, 5) is 12.6. The molecule has 1 aliphatic heterocycles. The Hall–Kier alpha value is -2.01. The summed E-state index contributed by atoms with van der Waals surface area (Å²) in [5, 5.41) is 10.1. The van der Waals surface area contributed by atoms with Crippen LogP contribution < -0.4 is 10.9 Å². The topological polar surface area (TPSA) is 61.4 Å². The molecule has 3 rings (SSSR count). The maximum Gasteiger partial charge on any atom is 0.181 e. The zero-order valence-corrected chi connectivity index (χ0v) is 10.9. The lowest BCUT2D eigenvalue weighted by molar-refractivity contribution is 0.0922. The zero-order chi connectivity index (χ0) is 13.9. The van der Waals surface area contributed by atoms with Crippen molar-refractivity contribution in [3.8, 4) is 0 Å². The zero-order valence-electron chi connectivity index (χ0n) is 10.9. The summed E-state index contributed by atoms with van der Waals surface area (Å²) in [5.74, 6) is -0.326. The van der Waals surface area contributed by atoms with Crippen molar-refractivity contribution >= 4 is 5.78 Å². The van der Waals surface area contributed by atoms with Gasteiger partial charge in [-0.25, -0.2) is 10.9 Å². The number of rotatable bonds is 3. The molecule has 0 spiro atoms. The van der Waals surface area contributed by atoms with E-state index in [0.29, 0.717) is 5.56 Å². The lowest BCUT2D eigenvalue weighted by Crippen LogP contribution is -2.38. The Labute approximate surface area is 117 Å². The predicted molar refractivity (Wildman–Crippen MR) is 76.0 cm³/mol. The van der Waals surface area contributed by atoms with Crippen LogP contribution >= 0.6 is 0 Å². The fourth-order valence-electron chi connectivity index (χ4n) is 2.60. The van der Waals surface area contributed by atoms with Gasteiger partial charge in [0.05, 0.1) is 6.04 Å². The van der Waals surface area contributed by atoms with Gasteiger partial charge in [-0.05, 0) is 5.56 Å². The van der Waals surface area contributed by atoms with E-state index in [1.165, 1.54) is 0 Å². The van der Waals surface area contributed by atoms with Gasteiger partial charge >= 0.3 is 0 Å². The summed E-state index contributed by atoms with van der Waals surface area (Å²) in [6.07, 6.45) is -0.782. The molecule has 20 heavy (non-hydrogen) atoms. The molecule has 4 nitrogen and oxygen atoms in total. The molecule has 2 aromatic rings. The van der Waals surface area contributed by atoms with Crippen molar-refractivity contribution in [2.75, 3.05) is 0 Å². The Balaban J connectivity index is 1.91. The molecule has 102 valence electrons. The second kappa shape index (κ2) is 5.54. The summed E-state index contributed by atoms with van der Waals surface area (Å²) in [6, 6.07) is 18.2. The summed E-state index contributed by atoms with van der Waals surface area (Å²) in [5.41, 5.74) is 7.23. The van der Waals surface area contributed by atoms with Gasteiger partial charge < -0.3 is 5.11 Å². The molecule has 4 heteroatoms. The van der Waals surface area contributed by atoms with Gasteiger partial charge in [-0.2, -0.15) is 0 Å². The van der Waals surface area contributed by atoms with E-state index in [4.69, 9.17) is 0 Å². The molecule has 1 saturated heterocycles. The molecular formula is C16H16N2O2. The highest BCUT2D eigenvalue weighted by molar-refractivity contribution is 6.01. The minimum absolute atomic E-state index is 0.0245. The molecule has 0 aliphatic carbocycles. The fourth-order valence-corrected chi connectivity index (χ4v) is 2.60. The number of aliphatic hydroxyl groups excluding tert-OH is 1. The van der Waals surface area contributed by atoms with E-state index in [2.05, 4.69) is 10.9 Å². The number of hydrazine groups is 1. The lowest BCUT2D eigenvalue weighted by Gasteiger charge is -2.19. The first kappa shape index (κ1) is 13.0. The van der Waals surface area contributed by atoms with E-state index in [9.17, 15) is 9.90 Å². The number of benzene rings is 2. The molecule has 3 atom stereocenters. The van der Waals surface area contributed by atoms with E-state index in [1.54, 1.807) is 12.1 Å². The third-order valence-electron chi connectivity index (χ3n) is 3.61. The van der Waals surface area contributed by atoms with Crippen LogP contribution in [-0.4, -0.2) is 23.2 Å². The number of nitrogens with one attached hydrogen (secondary N) is 2. The Morgan fingerprint density at radius 2 is 1.50 bits per heavy atom. The highest BCUT2D eigenvalue weighted by Crippen LogP contribution is 2.28.